The number of rotatable bonds is 2. The van der Waals surface area contributed by atoms with Crippen LogP contribution in [-0.4, -0.2) is 10.7 Å². The van der Waals surface area contributed by atoms with Gasteiger partial charge in [-0.15, -0.1) is 0 Å². The van der Waals surface area contributed by atoms with Gasteiger partial charge in [-0.3, -0.25) is 14.9 Å². The van der Waals surface area contributed by atoms with Crippen LogP contribution in [0.4, 0.5) is 5.69 Å². The average Bonchev–Trinajstić information content (AvgIpc) is 2.07. The summed E-state index contributed by atoms with van der Waals surface area (Å²) in [5.74, 6) is -0.343. The molecule has 0 bridgehead atoms. The fourth-order valence-corrected chi connectivity index (χ4v) is 2.13. The van der Waals surface area contributed by atoms with Crippen LogP contribution in [0.5, 0.6) is 0 Å². The lowest BCUT2D eigenvalue weighted by Gasteiger charge is -2.03. The van der Waals surface area contributed by atoms with Crippen molar-refractivity contribution in [2.75, 3.05) is 0 Å². The van der Waals surface area contributed by atoms with E-state index >= 15 is 0 Å². The fourth-order valence-electron chi connectivity index (χ4n) is 1.05. The molecule has 0 unspecified atom stereocenters. The predicted molar refractivity (Wildman–Crippen MR) is 58.5 cm³/mol. The van der Waals surface area contributed by atoms with Gasteiger partial charge >= 0.3 is 0 Å². The van der Waals surface area contributed by atoms with E-state index < -0.39 is 4.92 Å². The molecule has 0 aliphatic heterocycles. The standard InChI is InChI=1S/C8H5Br2NO3/c1-4(12)7-5(9)2-3-6(10)8(7)11(13)14/h2-3H,1H3. The molecule has 0 aliphatic carbocycles. The van der Waals surface area contributed by atoms with Crippen LogP contribution in [0, 0.1) is 10.1 Å². The van der Waals surface area contributed by atoms with E-state index in [1.165, 1.54) is 13.0 Å². The fraction of sp³-hybridized carbons (Fsp3) is 0.125. The third-order valence-electron chi connectivity index (χ3n) is 1.61. The molecule has 0 aromatic heterocycles. The highest BCUT2D eigenvalue weighted by atomic mass is 79.9. The molecule has 0 amide bonds. The second-order valence-corrected chi connectivity index (χ2v) is 4.27. The highest BCUT2D eigenvalue weighted by Crippen LogP contribution is 2.34. The Morgan fingerprint density at radius 3 is 2.21 bits per heavy atom. The first-order valence-electron chi connectivity index (χ1n) is 3.58. The number of carbonyl (C=O) groups is 1. The van der Waals surface area contributed by atoms with Crippen molar-refractivity contribution < 1.29 is 9.72 Å². The Morgan fingerprint density at radius 1 is 1.36 bits per heavy atom. The molecule has 0 spiro atoms. The summed E-state index contributed by atoms with van der Waals surface area (Å²) >= 11 is 6.14. The van der Waals surface area contributed by atoms with Gasteiger partial charge in [0.15, 0.2) is 5.78 Å². The summed E-state index contributed by atoms with van der Waals surface area (Å²) in [6.45, 7) is 1.29. The molecule has 1 aromatic rings. The zero-order valence-electron chi connectivity index (χ0n) is 7.08. The van der Waals surface area contributed by atoms with Crippen molar-refractivity contribution in [3.63, 3.8) is 0 Å². The van der Waals surface area contributed by atoms with Crippen molar-refractivity contribution in [2.45, 2.75) is 6.92 Å². The number of nitro groups is 1. The van der Waals surface area contributed by atoms with E-state index in [2.05, 4.69) is 31.9 Å². The van der Waals surface area contributed by atoms with Crippen molar-refractivity contribution in [1.29, 1.82) is 0 Å². The van der Waals surface area contributed by atoms with Crippen molar-refractivity contribution in [2.24, 2.45) is 0 Å². The van der Waals surface area contributed by atoms with Crippen LogP contribution in [0.3, 0.4) is 0 Å². The SMILES string of the molecule is CC(=O)c1c(Br)ccc(Br)c1[N+](=O)[O-]. The molecule has 0 saturated carbocycles. The third-order valence-corrected chi connectivity index (χ3v) is 2.91. The van der Waals surface area contributed by atoms with Crippen LogP contribution in [0.25, 0.3) is 0 Å². The highest BCUT2D eigenvalue weighted by Gasteiger charge is 2.23. The lowest BCUT2D eigenvalue weighted by atomic mass is 10.1. The monoisotopic (exact) mass is 321 g/mol. The maximum atomic E-state index is 11.2. The van der Waals surface area contributed by atoms with E-state index in [0.717, 1.165) is 0 Å². The molecule has 0 heterocycles. The summed E-state index contributed by atoms with van der Waals surface area (Å²) in [4.78, 5) is 21.3. The van der Waals surface area contributed by atoms with E-state index in [0.29, 0.717) is 8.95 Å². The Bertz CT molecular complexity index is 378. The summed E-state index contributed by atoms with van der Waals surface area (Å²) in [6.07, 6.45) is 0. The minimum absolute atomic E-state index is 0.0874. The first-order valence-corrected chi connectivity index (χ1v) is 5.17. The molecule has 74 valence electrons. The quantitative estimate of drug-likeness (QED) is 0.476. The maximum absolute atomic E-state index is 11.2. The molecule has 0 saturated heterocycles. The zero-order valence-corrected chi connectivity index (χ0v) is 10.3. The smallest absolute Gasteiger partial charge is 0.294 e. The molecule has 1 rings (SSSR count). The Morgan fingerprint density at radius 2 is 1.86 bits per heavy atom. The van der Waals surface area contributed by atoms with Crippen LogP contribution in [0.15, 0.2) is 21.1 Å². The molecule has 0 atom stereocenters. The minimum Gasteiger partial charge on any atom is -0.294 e. The molecule has 14 heavy (non-hydrogen) atoms. The summed E-state index contributed by atoms with van der Waals surface area (Å²) in [6, 6.07) is 3.11. The van der Waals surface area contributed by atoms with E-state index in [1.54, 1.807) is 6.07 Å². The largest absolute Gasteiger partial charge is 0.295 e. The van der Waals surface area contributed by atoms with E-state index in [-0.39, 0.29) is 17.0 Å². The second kappa shape index (κ2) is 4.18. The third kappa shape index (κ3) is 2.01. The highest BCUT2D eigenvalue weighted by molar-refractivity contribution is 9.11. The van der Waals surface area contributed by atoms with Gasteiger partial charge in [0.05, 0.1) is 9.40 Å². The average molecular weight is 323 g/mol. The normalized spacial score (nSPS) is 9.93. The van der Waals surface area contributed by atoms with E-state index in [4.69, 9.17) is 0 Å². The molecule has 0 radical (unpaired) electrons. The van der Waals surface area contributed by atoms with Gasteiger partial charge in [-0.1, -0.05) is 0 Å². The van der Waals surface area contributed by atoms with Crippen molar-refractivity contribution in [3.8, 4) is 0 Å². The van der Waals surface area contributed by atoms with Crippen molar-refractivity contribution in [3.05, 3.63) is 36.8 Å². The predicted octanol–water partition coefficient (Wildman–Crippen LogP) is 3.32. The first-order chi connectivity index (χ1) is 6.45. The summed E-state index contributed by atoms with van der Waals surface area (Å²) < 4.78 is 0.732. The van der Waals surface area contributed by atoms with Gasteiger partial charge in [0.1, 0.15) is 5.56 Å². The Labute approximate surface area is 96.7 Å². The van der Waals surface area contributed by atoms with Crippen LogP contribution in [0.2, 0.25) is 0 Å². The molecule has 0 fully saturated rings. The van der Waals surface area contributed by atoms with Gasteiger partial charge < -0.3 is 0 Å². The number of carbonyl (C=O) groups excluding carboxylic acids is 1. The zero-order chi connectivity index (χ0) is 10.9. The number of halogens is 2. The van der Waals surface area contributed by atoms with Crippen LogP contribution in [-0.2, 0) is 0 Å². The van der Waals surface area contributed by atoms with Crippen LogP contribution >= 0.6 is 31.9 Å². The Kier molecular flexibility index (Phi) is 3.38. The number of hydrogen-bond acceptors (Lipinski definition) is 3. The van der Waals surface area contributed by atoms with Crippen molar-refractivity contribution >= 4 is 43.3 Å². The van der Waals surface area contributed by atoms with Gasteiger partial charge in [0.25, 0.3) is 5.69 Å². The van der Waals surface area contributed by atoms with Crippen LogP contribution < -0.4 is 0 Å². The molecule has 4 nitrogen and oxygen atoms in total. The van der Waals surface area contributed by atoms with Gasteiger partial charge in [-0.2, -0.15) is 0 Å². The molecule has 6 heteroatoms. The van der Waals surface area contributed by atoms with Crippen molar-refractivity contribution in [1.82, 2.24) is 0 Å². The first kappa shape index (κ1) is 11.3. The van der Waals surface area contributed by atoms with Gasteiger partial charge in [0, 0.05) is 4.47 Å². The second-order valence-electron chi connectivity index (χ2n) is 2.57. The van der Waals surface area contributed by atoms with Crippen LogP contribution in [0.1, 0.15) is 17.3 Å². The number of nitrogens with zero attached hydrogens (tertiary/aromatic N) is 1. The van der Waals surface area contributed by atoms with E-state index in [1.807, 2.05) is 0 Å². The number of hydrogen-bond donors (Lipinski definition) is 0. The Hall–Kier alpha value is -0.750. The summed E-state index contributed by atoms with van der Waals surface area (Å²) in [5, 5.41) is 10.7. The number of nitro benzene ring substituents is 1. The van der Waals surface area contributed by atoms with Gasteiger partial charge in [0.2, 0.25) is 0 Å². The number of Topliss-reactive ketones (excluding diaryl/α,β-unsaturated/α-hetero) is 1. The topological polar surface area (TPSA) is 60.2 Å². The minimum atomic E-state index is -0.578. The van der Waals surface area contributed by atoms with E-state index in [9.17, 15) is 14.9 Å². The summed E-state index contributed by atoms with van der Waals surface area (Å²) in [5.41, 5.74) is -0.115. The molecule has 0 N–H and O–H groups in total. The lowest BCUT2D eigenvalue weighted by Crippen LogP contribution is -2.02. The van der Waals surface area contributed by atoms with Gasteiger partial charge in [-0.05, 0) is 50.9 Å². The molecular weight excluding hydrogens is 318 g/mol. The maximum Gasteiger partial charge on any atom is 0.295 e. The molecular formula is C8H5Br2NO3. The van der Waals surface area contributed by atoms with Gasteiger partial charge in [-0.25, -0.2) is 0 Å². The molecule has 1 aromatic carbocycles. The number of ketones is 1. The molecule has 0 aliphatic rings. The summed E-state index contributed by atoms with van der Waals surface area (Å²) in [7, 11) is 0. The Balaban J connectivity index is 3.58. The lowest BCUT2D eigenvalue weighted by molar-refractivity contribution is -0.386. The number of benzene rings is 1.